The molecule has 4 heteroatoms. The zero-order chi connectivity index (χ0) is 12.6. The molecule has 96 valence electrons. The summed E-state index contributed by atoms with van der Waals surface area (Å²) in [7, 11) is 0. The Balaban J connectivity index is 1.74. The van der Waals surface area contributed by atoms with E-state index in [1.807, 2.05) is 18.2 Å². The molecular weight excluding hydrogens is 242 g/mol. The molecule has 0 radical (unpaired) electrons. The zero-order valence-electron chi connectivity index (χ0n) is 10.7. The van der Waals surface area contributed by atoms with E-state index >= 15 is 0 Å². The van der Waals surface area contributed by atoms with Gasteiger partial charge >= 0.3 is 0 Å². The lowest BCUT2D eigenvalue weighted by molar-refractivity contribution is 0.362. The number of rotatable bonds is 3. The maximum absolute atomic E-state index is 5.79. The Morgan fingerprint density at radius 3 is 2.94 bits per heavy atom. The van der Waals surface area contributed by atoms with Gasteiger partial charge in [0.1, 0.15) is 0 Å². The average Bonchev–Trinajstić information content (AvgIpc) is 2.93. The van der Waals surface area contributed by atoms with Crippen LogP contribution in [0.1, 0.15) is 32.6 Å². The summed E-state index contributed by atoms with van der Waals surface area (Å²) in [6, 6.07) is 5.89. The Labute approximate surface area is 111 Å². The molecule has 18 heavy (non-hydrogen) atoms. The van der Waals surface area contributed by atoms with Gasteiger partial charge in [-0.3, -0.25) is 0 Å². The fourth-order valence-corrected chi connectivity index (χ4v) is 3.62. The van der Waals surface area contributed by atoms with Gasteiger partial charge in [-0.1, -0.05) is 31.1 Å². The second-order valence-electron chi connectivity index (χ2n) is 5.62. The summed E-state index contributed by atoms with van der Waals surface area (Å²) in [6.45, 7) is 3.40. The van der Waals surface area contributed by atoms with E-state index in [1.54, 1.807) is 11.3 Å². The number of hydrogen-bond donors (Lipinski definition) is 2. The molecule has 1 aliphatic carbocycles. The highest BCUT2D eigenvalue weighted by Crippen LogP contribution is 2.38. The van der Waals surface area contributed by atoms with Crippen LogP contribution in [0.4, 0.5) is 10.8 Å². The van der Waals surface area contributed by atoms with Gasteiger partial charge in [-0.2, -0.15) is 0 Å². The van der Waals surface area contributed by atoms with Gasteiger partial charge in [-0.15, -0.1) is 0 Å². The van der Waals surface area contributed by atoms with E-state index in [0.717, 1.165) is 27.6 Å². The zero-order valence-corrected chi connectivity index (χ0v) is 11.5. The molecule has 1 saturated carbocycles. The van der Waals surface area contributed by atoms with Crippen molar-refractivity contribution in [3.8, 4) is 0 Å². The van der Waals surface area contributed by atoms with E-state index in [4.69, 9.17) is 5.73 Å². The van der Waals surface area contributed by atoms with E-state index in [9.17, 15) is 0 Å². The van der Waals surface area contributed by atoms with Crippen LogP contribution in [0.3, 0.4) is 0 Å². The van der Waals surface area contributed by atoms with Crippen molar-refractivity contribution in [1.82, 2.24) is 4.98 Å². The molecule has 3 N–H and O–H groups in total. The van der Waals surface area contributed by atoms with E-state index in [1.165, 1.54) is 25.7 Å². The van der Waals surface area contributed by atoms with Gasteiger partial charge in [0.15, 0.2) is 5.13 Å². The largest absolute Gasteiger partial charge is 0.399 e. The molecule has 0 amide bonds. The normalized spacial score (nSPS) is 18.3. The number of nitrogens with zero attached hydrogens (tertiary/aromatic N) is 1. The van der Waals surface area contributed by atoms with E-state index in [-0.39, 0.29) is 0 Å². The maximum atomic E-state index is 5.79. The Hall–Kier alpha value is -1.29. The van der Waals surface area contributed by atoms with Crippen LogP contribution in [0.25, 0.3) is 10.2 Å². The van der Waals surface area contributed by atoms with Crippen molar-refractivity contribution in [3.63, 3.8) is 0 Å². The van der Waals surface area contributed by atoms with Crippen molar-refractivity contribution in [2.45, 2.75) is 32.6 Å². The second-order valence-corrected chi connectivity index (χ2v) is 6.65. The molecule has 0 atom stereocenters. The molecule has 2 aromatic rings. The maximum Gasteiger partial charge on any atom is 0.183 e. The highest BCUT2D eigenvalue weighted by atomic mass is 32.1. The number of anilines is 2. The van der Waals surface area contributed by atoms with Crippen molar-refractivity contribution < 1.29 is 0 Å². The fraction of sp³-hybridized carbons (Fsp3) is 0.500. The molecule has 1 heterocycles. The number of fused-ring (bicyclic) bond motifs is 1. The predicted molar refractivity (Wildman–Crippen MR) is 79.1 cm³/mol. The number of nitrogens with one attached hydrogen (secondary N) is 1. The Kier molecular flexibility index (Phi) is 2.90. The minimum Gasteiger partial charge on any atom is -0.399 e. The monoisotopic (exact) mass is 261 g/mol. The van der Waals surface area contributed by atoms with Crippen LogP contribution in [0, 0.1) is 5.41 Å². The Morgan fingerprint density at radius 1 is 1.39 bits per heavy atom. The Morgan fingerprint density at radius 2 is 2.17 bits per heavy atom. The molecule has 0 aliphatic heterocycles. The van der Waals surface area contributed by atoms with Gasteiger partial charge < -0.3 is 11.1 Å². The topological polar surface area (TPSA) is 50.9 Å². The molecule has 1 aromatic carbocycles. The standard InChI is InChI=1S/C14H19N3S/c1-14(6-2-3-7-14)9-16-13-17-11-5-4-10(15)8-12(11)18-13/h4-5,8H,2-3,6-7,9,15H2,1H3,(H,16,17). The summed E-state index contributed by atoms with van der Waals surface area (Å²) < 4.78 is 1.16. The Bertz CT molecular complexity index is 555. The van der Waals surface area contributed by atoms with Crippen LogP contribution in [-0.2, 0) is 0 Å². The van der Waals surface area contributed by atoms with Gasteiger partial charge in [0.25, 0.3) is 0 Å². The lowest BCUT2D eigenvalue weighted by atomic mass is 9.89. The SMILES string of the molecule is CC1(CNc2nc3ccc(N)cc3s2)CCCC1. The molecule has 3 nitrogen and oxygen atoms in total. The summed E-state index contributed by atoms with van der Waals surface area (Å²) in [5.41, 5.74) is 8.08. The van der Waals surface area contributed by atoms with Crippen molar-refractivity contribution in [3.05, 3.63) is 18.2 Å². The lowest BCUT2D eigenvalue weighted by Crippen LogP contribution is -2.22. The van der Waals surface area contributed by atoms with Crippen molar-refractivity contribution in [1.29, 1.82) is 0 Å². The number of nitrogen functional groups attached to an aromatic ring is 1. The van der Waals surface area contributed by atoms with Crippen molar-refractivity contribution in [2.24, 2.45) is 5.41 Å². The number of hydrogen-bond acceptors (Lipinski definition) is 4. The number of nitrogens with two attached hydrogens (primary N) is 1. The molecule has 0 bridgehead atoms. The number of benzene rings is 1. The van der Waals surface area contributed by atoms with Gasteiger partial charge in [0, 0.05) is 12.2 Å². The summed E-state index contributed by atoms with van der Waals surface area (Å²) in [4.78, 5) is 4.60. The molecule has 1 aliphatic rings. The third kappa shape index (κ3) is 2.29. The molecule has 0 saturated heterocycles. The average molecular weight is 261 g/mol. The minimum absolute atomic E-state index is 0.455. The van der Waals surface area contributed by atoms with Crippen LogP contribution >= 0.6 is 11.3 Å². The van der Waals surface area contributed by atoms with Gasteiger partial charge in [0.05, 0.1) is 10.2 Å². The van der Waals surface area contributed by atoms with Crippen LogP contribution in [-0.4, -0.2) is 11.5 Å². The first kappa shape index (κ1) is 11.8. The van der Waals surface area contributed by atoms with Gasteiger partial charge in [0.2, 0.25) is 0 Å². The van der Waals surface area contributed by atoms with Crippen LogP contribution in [0.5, 0.6) is 0 Å². The quantitative estimate of drug-likeness (QED) is 0.825. The van der Waals surface area contributed by atoms with E-state index in [2.05, 4.69) is 17.2 Å². The molecule has 0 spiro atoms. The van der Waals surface area contributed by atoms with Crippen LogP contribution in [0.2, 0.25) is 0 Å². The third-order valence-electron chi connectivity index (χ3n) is 3.89. The first-order chi connectivity index (χ1) is 8.65. The number of aromatic nitrogens is 1. The second kappa shape index (κ2) is 4.43. The lowest BCUT2D eigenvalue weighted by Gasteiger charge is -2.23. The van der Waals surface area contributed by atoms with Gasteiger partial charge in [-0.05, 0) is 36.5 Å². The molecule has 3 rings (SSSR count). The van der Waals surface area contributed by atoms with Crippen LogP contribution in [0.15, 0.2) is 18.2 Å². The highest BCUT2D eigenvalue weighted by molar-refractivity contribution is 7.22. The highest BCUT2D eigenvalue weighted by Gasteiger charge is 2.28. The number of thiazole rings is 1. The van der Waals surface area contributed by atoms with E-state index < -0.39 is 0 Å². The van der Waals surface area contributed by atoms with Crippen molar-refractivity contribution in [2.75, 3.05) is 17.6 Å². The summed E-state index contributed by atoms with van der Waals surface area (Å²) in [5, 5.41) is 4.52. The summed E-state index contributed by atoms with van der Waals surface area (Å²) in [5.74, 6) is 0. The predicted octanol–water partition coefficient (Wildman–Crippen LogP) is 3.87. The first-order valence-electron chi connectivity index (χ1n) is 6.55. The van der Waals surface area contributed by atoms with Crippen LogP contribution < -0.4 is 11.1 Å². The molecular formula is C14H19N3S. The summed E-state index contributed by atoms with van der Waals surface area (Å²) in [6.07, 6.45) is 5.40. The van der Waals surface area contributed by atoms with Crippen molar-refractivity contribution >= 4 is 32.4 Å². The van der Waals surface area contributed by atoms with E-state index in [0.29, 0.717) is 5.41 Å². The molecule has 1 aromatic heterocycles. The van der Waals surface area contributed by atoms with Gasteiger partial charge in [-0.25, -0.2) is 4.98 Å². The fourth-order valence-electron chi connectivity index (χ4n) is 2.71. The first-order valence-corrected chi connectivity index (χ1v) is 7.36. The molecule has 0 unspecified atom stereocenters. The third-order valence-corrected chi connectivity index (χ3v) is 4.87. The minimum atomic E-state index is 0.455. The smallest absolute Gasteiger partial charge is 0.183 e. The summed E-state index contributed by atoms with van der Waals surface area (Å²) >= 11 is 1.69. The molecule has 1 fully saturated rings.